The number of hydrogen-bond acceptors (Lipinski definition) is 5. The Morgan fingerprint density at radius 1 is 1.27 bits per heavy atom. The summed E-state index contributed by atoms with van der Waals surface area (Å²) in [5, 5.41) is 8.09. The minimum atomic E-state index is -0.0759. The molecule has 9 heteroatoms. The monoisotopic (exact) mass is 392 g/mol. The van der Waals surface area contributed by atoms with E-state index in [-0.39, 0.29) is 11.9 Å². The van der Waals surface area contributed by atoms with Crippen LogP contribution in [0.15, 0.2) is 18.2 Å². The maximum Gasteiger partial charge on any atom is 0.254 e. The number of nitrogens with zero attached hydrogens (tertiary/aromatic N) is 4. The molecule has 3 rings (SSSR count). The van der Waals surface area contributed by atoms with E-state index in [2.05, 4.69) is 20.4 Å². The Balaban J connectivity index is 1.65. The van der Waals surface area contributed by atoms with E-state index in [0.717, 1.165) is 22.5 Å². The second-order valence-electron chi connectivity index (χ2n) is 5.96. The Hall–Kier alpha value is -2.38. The highest BCUT2D eigenvalue weighted by Gasteiger charge is 2.14. The maximum absolute atomic E-state index is 12.2. The van der Waals surface area contributed by atoms with Crippen LogP contribution in [0.3, 0.4) is 0 Å². The van der Waals surface area contributed by atoms with Crippen molar-refractivity contribution in [2.24, 2.45) is 0 Å². The van der Waals surface area contributed by atoms with Crippen LogP contribution in [0.25, 0.3) is 5.78 Å². The molecule has 0 bridgehead atoms. The largest absolute Gasteiger partial charge is 0.366 e. The number of amides is 1. The van der Waals surface area contributed by atoms with Gasteiger partial charge in [0.1, 0.15) is 0 Å². The summed E-state index contributed by atoms with van der Waals surface area (Å²) in [6.07, 6.45) is 0.866. The van der Waals surface area contributed by atoms with Crippen molar-refractivity contribution in [2.75, 3.05) is 5.73 Å². The van der Waals surface area contributed by atoms with Crippen molar-refractivity contribution in [2.45, 2.75) is 33.2 Å². The lowest BCUT2D eigenvalue weighted by Gasteiger charge is -2.11. The predicted octanol–water partition coefficient (Wildman–Crippen LogP) is 2.88. The predicted molar refractivity (Wildman–Crippen MR) is 101 cm³/mol. The van der Waals surface area contributed by atoms with E-state index in [9.17, 15) is 4.79 Å². The van der Waals surface area contributed by atoms with E-state index >= 15 is 0 Å². The van der Waals surface area contributed by atoms with Crippen LogP contribution < -0.4 is 11.1 Å². The number of hydrogen-bond donors (Lipinski definition) is 2. The van der Waals surface area contributed by atoms with Crippen molar-refractivity contribution in [1.29, 1.82) is 0 Å². The number of aromatic nitrogens is 4. The zero-order chi connectivity index (χ0) is 18.8. The number of anilines is 1. The van der Waals surface area contributed by atoms with E-state index < -0.39 is 0 Å². The van der Waals surface area contributed by atoms with Gasteiger partial charge < -0.3 is 11.1 Å². The number of rotatable bonds is 5. The summed E-state index contributed by atoms with van der Waals surface area (Å²) in [7, 11) is 0. The zero-order valence-corrected chi connectivity index (χ0v) is 15.9. The van der Waals surface area contributed by atoms with Crippen LogP contribution in [-0.4, -0.2) is 25.5 Å². The van der Waals surface area contributed by atoms with Gasteiger partial charge in [0.15, 0.2) is 0 Å². The highest BCUT2D eigenvalue weighted by Crippen LogP contribution is 2.21. The Morgan fingerprint density at radius 3 is 2.77 bits per heavy atom. The molecule has 1 amide bonds. The van der Waals surface area contributed by atoms with E-state index in [0.29, 0.717) is 35.2 Å². The molecule has 3 aromatic rings. The van der Waals surface area contributed by atoms with E-state index in [1.165, 1.54) is 0 Å². The smallest absolute Gasteiger partial charge is 0.254 e. The van der Waals surface area contributed by atoms with Gasteiger partial charge in [0, 0.05) is 34.4 Å². The molecule has 0 radical (unpaired) electrons. The number of carbonyl (C=O) groups is 1. The molecule has 3 N–H and O–H groups in total. The number of aryl methyl sites for hydroxylation is 2. The molecule has 1 aromatic carbocycles. The third-order valence-corrected chi connectivity index (χ3v) is 4.75. The Bertz CT molecular complexity index is 985. The highest BCUT2D eigenvalue weighted by atomic mass is 35.5. The van der Waals surface area contributed by atoms with Crippen LogP contribution in [0, 0.1) is 13.8 Å². The first-order chi connectivity index (χ1) is 12.3. The van der Waals surface area contributed by atoms with Gasteiger partial charge in [-0.2, -0.15) is 9.50 Å². The number of benzene rings is 1. The molecule has 0 spiro atoms. The molecular formula is C17H18Cl2N6O. The van der Waals surface area contributed by atoms with Gasteiger partial charge in [-0.15, -0.1) is 5.10 Å². The SMILES string of the molecule is Cc1nc2nc(N)nn2c(C)c1CCC(=O)NCc1ccc(Cl)cc1Cl. The van der Waals surface area contributed by atoms with Gasteiger partial charge in [-0.3, -0.25) is 4.79 Å². The van der Waals surface area contributed by atoms with Crippen molar-refractivity contribution in [3.63, 3.8) is 0 Å². The Kier molecular flexibility index (Phi) is 5.29. The molecule has 0 aliphatic rings. The molecule has 0 atom stereocenters. The first-order valence-electron chi connectivity index (χ1n) is 8.04. The molecular weight excluding hydrogens is 375 g/mol. The molecule has 0 unspecified atom stereocenters. The molecule has 0 saturated carbocycles. The van der Waals surface area contributed by atoms with Crippen molar-refractivity contribution in [3.8, 4) is 0 Å². The number of fused-ring (bicyclic) bond motifs is 1. The molecule has 26 heavy (non-hydrogen) atoms. The average molecular weight is 393 g/mol. The van der Waals surface area contributed by atoms with Gasteiger partial charge in [-0.1, -0.05) is 29.3 Å². The normalized spacial score (nSPS) is 11.1. The summed E-state index contributed by atoms with van der Waals surface area (Å²) in [4.78, 5) is 20.7. The Labute approximate surface area is 160 Å². The fourth-order valence-corrected chi connectivity index (χ4v) is 3.25. The van der Waals surface area contributed by atoms with Crippen LogP contribution in [0.1, 0.15) is 28.9 Å². The lowest BCUT2D eigenvalue weighted by atomic mass is 10.1. The fraction of sp³-hybridized carbons (Fsp3) is 0.294. The summed E-state index contributed by atoms with van der Waals surface area (Å²) in [5.74, 6) is 0.561. The highest BCUT2D eigenvalue weighted by molar-refractivity contribution is 6.35. The fourth-order valence-electron chi connectivity index (χ4n) is 2.77. The first kappa shape index (κ1) is 18.4. The quantitative estimate of drug-likeness (QED) is 0.695. The van der Waals surface area contributed by atoms with Gasteiger partial charge in [0.2, 0.25) is 11.9 Å². The molecule has 0 aliphatic carbocycles. The van der Waals surface area contributed by atoms with Crippen molar-refractivity contribution in [3.05, 3.63) is 50.8 Å². The number of halogens is 2. The van der Waals surface area contributed by atoms with Crippen LogP contribution in [-0.2, 0) is 17.8 Å². The van der Waals surface area contributed by atoms with Crippen molar-refractivity contribution in [1.82, 2.24) is 24.9 Å². The zero-order valence-electron chi connectivity index (χ0n) is 14.4. The van der Waals surface area contributed by atoms with Gasteiger partial charge in [-0.25, -0.2) is 4.98 Å². The molecule has 136 valence electrons. The molecule has 0 aliphatic heterocycles. The van der Waals surface area contributed by atoms with Crippen molar-refractivity contribution >= 4 is 40.8 Å². The lowest BCUT2D eigenvalue weighted by molar-refractivity contribution is -0.121. The van der Waals surface area contributed by atoms with E-state index in [1.54, 1.807) is 22.7 Å². The molecule has 0 fully saturated rings. The van der Waals surface area contributed by atoms with Gasteiger partial charge in [0.25, 0.3) is 5.78 Å². The van der Waals surface area contributed by atoms with Crippen molar-refractivity contribution < 1.29 is 4.79 Å². The number of nitrogen functional groups attached to an aromatic ring is 1. The molecule has 0 saturated heterocycles. The average Bonchev–Trinajstić information content (AvgIpc) is 2.94. The molecule has 2 heterocycles. The summed E-state index contributed by atoms with van der Waals surface area (Å²) in [5.41, 5.74) is 9.11. The number of nitrogens with one attached hydrogen (secondary N) is 1. The first-order valence-corrected chi connectivity index (χ1v) is 8.79. The van der Waals surface area contributed by atoms with Crippen LogP contribution in [0.4, 0.5) is 5.95 Å². The topological polar surface area (TPSA) is 98.2 Å². The molecule has 7 nitrogen and oxygen atoms in total. The minimum Gasteiger partial charge on any atom is -0.366 e. The van der Waals surface area contributed by atoms with Gasteiger partial charge in [-0.05, 0) is 43.5 Å². The summed E-state index contributed by atoms with van der Waals surface area (Å²) in [6.45, 7) is 4.15. The van der Waals surface area contributed by atoms with E-state index in [1.807, 2.05) is 13.8 Å². The summed E-state index contributed by atoms with van der Waals surface area (Å²) in [6, 6.07) is 5.20. The number of carbonyl (C=O) groups excluding carboxylic acids is 1. The minimum absolute atomic E-state index is 0.0759. The van der Waals surface area contributed by atoms with Crippen LogP contribution in [0.2, 0.25) is 10.0 Å². The second-order valence-corrected chi connectivity index (χ2v) is 6.80. The van der Waals surface area contributed by atoms with Gasteiger partial charge >= 0.3 is 0 Å². The standard InChI is InChI=1S/C17H18Cl2N6O/c1-9-13(10(2)25-17(22-9)23-16(20)24-25)5-6-15(26)21-8-11-3-4-12(18)7-14(11)19/h3-4,7H,5-6,8H2,1-2H3,(H2,20,24)(H,21,26). The second kappa shape index (κ2) is 7.47. The lowest BCUT2D eigenvalue weighted by Crippen LogP contribution is -2.23. The van der Waals surface area contributed by atoms with Gasteiger partial charge in [0.05, 0.1) is 0 Å². The summed E-state index contributed by atoms with van der Waals surface area (Å²) >= 11 is 12.0. The molecule has 2 aromatic heterocycles. The number of nitrogens with two attached hydrogens (primary N) is 1. The third-order valence-electron chi connectivity index (χ3n) is 4.16. The van der Waals surface area contributed by atoms with E-state index in [4.69, 9.17) is 28.9 Å². The third kappa shape index (κ3) is 3.89. The Morgan fingerprint density at radius 2 is 2.04 bits per heavy atom. The maximum atomic E-state index is 12.2. The van der Waals surface area contributed by atoms with Crippen LogP contribution >= 0.6 is 23.2 Å². The van der Waals surface area contributed by atoms with Crippen LogP contribution in [0.5, 0.6) is 0 Å². The summed E-state index contributed by atoms with van der Waals surface area (Å²) < 4.78 is 1.60.